The normalized spacial score (nSPS) is 12.2. The van der Waals surface area contributed by atoms with Crippen LogP contribution in [0, 0.1) is 0 Å². The van der Waals surface area contributed by atoms with Crippen molar-refractivity contribution in [3.8, 4) is 51.0 Å². The van der Waals surface area contributed by atoms with E-state index >= 15 is 0 Å². The maximum atomic E-state index is 6.45. The summed E-state index contributed by atoms with van der Waals surface area (Å²) in [5, 5.41) is 13.7. The van der Waals surface area contributed by atoms with Gasteiger partial charge in [0.05, 0.1) is 11.0 Å². The van der Waals surface area contributed by atoms with Crippen molar-refractivity contribution in [1.29, 1.82) is 0 Å². The molecular formula is C65H36N4O2S. The third-order valence-corrected chi connectivity index (χ3v) is 15.8. The zero-order valence-electron chi connectivity index (χ0n) is 38.3. The largest absolute Gasteiger partial charge is 0.456 e. The highest BCUT2D eigenvalue weighted by molar-refractivity contribution is 7.25. The second-order valence-corrected chi connectivity index (χ2v) is 19.7. The number of thiophene rings is 1. The van der Waals surface area contributed by atoms with Crippen molar-refractivity contribution in [2.45, 2.75) is 0 Å². The van der Waals surface area contributed by atoms with Gasteiger partial charge in [0.1, 0.15) is 22.3 Å². The van der Waals surface area contributed by atoms with E-state index in [2.05, 4.69) is 162 Å². The van der Waals surface area contributed by atoms with Gasteiger partial charge in [0, 0.05) is 74.9 Å². The van der Waals surface area contributed by atoms with Crippen molar-refractivity contribution in [2.75, 3.05) is 0 Å². The first kappa shape index (κ1) is 39.4. The Balaban J connectivity index is 1.01. The van der Waals surface area contributed by atoms with Crippen molar-refractivity contribution >= 4 is 119 Å². The number of fused-ring (bicyclic) bond motifs is 15. The fourth-order valence-corrected chi connectivity index (χ4v) is 12.6. The van der Waals surface area contributed by atoms with Gasteiger partial charge in [-0.25, -0.2) is 15.0 Å². The Bertz CT molecular complexity index is 4830. The molecule has 0 aliphatic heterocycles. The van der Waals surface area contributed by atoms with Gasteiger partial charge in [-0.05, 0) is 105 Å². The van der Waals surface area contributed by atoms with Crippen molar-refractivity contribution < 1.29 is 8.83 Å². The van der Waals surface area contributed by atoms with E-state index in [1.165, 1.54) is 52.5 Å². The summed E-state index contributed by atoms with van der Waals surface area (Å²) in [7, 11) is 0. The molecule has 6 nitrogen and oxygen atoms in total. The van der Waals surface area contributed by atoms with Gasteiger partial charge < -0.3 is 13.4 Å². The van der Waals surface area contributed by atoms with E-state index in [4.69, 9.17) is 23.8 Å². The molecule has 5 heterocycles. The SMILES string of the molecule is c1ccc2cc3c(cc2c1)c1c2ccccc2ccc1n3-c1ccc(-c2nc(-c3cccc4oc5ccccc5c34)nc(-c3cccc4oc5ccccc5c34)n2)c(-c2ccc3c(c2)sc2ccccc23)c1. The van der Waals surface area contributed by atoms with Crippen LogP contribution in [-0.4, -0.2) is 19.5 Å². The molecule has 11 aromatic carbocycles. The molecule has 5 aromatic heterocycles. The summed E-state index contributed by atoms with van der Waals surface area (Å²) < 4.78 is 17.8. The lowest BCUT2D eigenvalue weighted by Gasteiger charge is -2.16. The molecule has 16 rings (SSSR count). The van der Waals surface area contributed by atoms with Gasteiger partial charge in [-0.15, -0.1) is 11.3 Å². The van der Waals surface area contributed by atoms with E-state index in [-0.39, 0.29) is 0 Å². The molecular weight excluding hydrogens is 901 g/mol. The third-order valence-electron chi connectivity index (χ3n) is 14.6. The molecule has 0 atom stereocenters. The summed E-state index contributed by atoms with van der Waals surface area (Å²) >= 11 is 1.82. The fraction of sp³-hybridized carbons (Fsp3) is 0. The lowest BCUT2D eigenvalue weighted by atomic mass is 9.96. The highest BCUT2D eigenvalue weighted by atomic mass is 32.1. The first-order valence-electron chi connectivity index (χ1n) is 24.2. The summed E-state index contributed by atoms with van der Waals surface area (Å²) in [4.78, 5) is 16.4. The first-order chi connectivity index (χ1) is 35.7. The van der Waals surface area contributed by atoms with E-state index in [9.17, 15) is 0 Å². The molecule has 0 unspecified atom stereocenters. The van der Waals surface area contributed by atoms with Gasteiger partial charge >= 0.3 is 0 Å². The Kier molecular flexibility index (Phi) is 8.23. The monoisotopic (exact) mass is 936 g/mol. The van der Waals surface area contributed by atoms with Gasteiger partial charge in [0.25, 0.3) is 0 Å². The molecule has 0 saturated carbocycles. The Morgan fingerprint density at radius 1 is 0.319 bits per heavy atom. The lowest BCUT2D eigenvalue weighted by Crippen LogP contribution is -2.02. The summed E-state index contributed by atoms with van der Waals surface area (Å²) in [5.74, 6) is 1.66. The molecule has 0 amide bonds. The molecule has 0 aliphatic carbocycles. The number of hydrogen-bond donors (Lipinski definition) is 0. The van der Waals surface area contributed by atoms with Crippen LogP contribution in [0.15, 0.2) is 227 Å². The quantitative estimate of drug-likeness (QED) is 0.172. The second kappa shape index (κ2) is 15.0. The number of nitrogens with zero attached hydrogens (tertiary/aromatic N) is 4. The van der Waals surface area contributed by atoms with Crippen LogP contribution in [0.1, 0.15) is 0 Å². The van der Waals surface area contributed by atoms with Crippen molar-refractivity contribution in [3.63, 3.8) is 0 Å². The zero-order valence-corrected chi connectivity index (χ0v) is 39.1. The summed E-state index contributed by atoms with van der Waals surface area (Å²) in [6, 6.07) is 77.6. The fourth-order valence-electron chi connectivity index (χ4n) is 11.4. The van der Waals surface area contributed by atoms with E-state index in [1.54, 1.807) is 0 Å². The topological polar surface area (TPSA) is 69.9 Å². The smallest absolute Gasteiger partial charge is 0.164 e. The molecule has 0 saturated heterocycles. The first-order valence-corrected chi connectivity index (χ1v) is 25.0. The van der Waals surface area contributed by atoms with E-state index in [0.29, 0.717) is 17.5 Å². The maximum absolute atomic E-state index is 6.45. The van der Waals surface area contributed by atoms with Gasteiger partial charge in [0.2, 0.25) is 0 Å². The number of furan rings is 2. The Labute approximate surface area is 414 Å². The molecule has 0 aliphatic rings. The third kappa shape index (κ3) is 5.80. The van der Waals surface area contributed by atoms with Crippen LogP contribution in [0.2, 0.25) is 0 Å². The number of aromatic nitrogens is 4. The summed E-state index contributed by atoms with van der Waals surface area (Å²) in [6.07, 6.45) is 0. The minimum atomic E-state index is 0.549. The molecule has 7 heteroatoms. The lowest BCUT2D eigenvalue weighted by molar-refractivity contribution is 0.668. The van der Waals surface area contributed by atoms with Crippen molar-refractivity contribution in [3.05, 3.63) is 218 Å². The van der Waals surface area contributed by atoms with Gasteiger partial charge in [-0.3, -0.25) is 0 Å². The molecule has 0 N–H and O–H groups in total. The van der Waals surface area contributed by atoms with Gasteiger partial charge in [-0.2, -0.15) is 0 Å². The molecule has 0 bridgehead atoms. The van der Waals surface area contributed by atoms with E-state index in [0.717, 1.165) is 88.4 Å². The number of hydrogen-bond acceptors (Lipinski definition) is 6. The molecule has 72 heavy (non-hydrogen) atoms. The molecule has 0 fully saturated rings. The summed E-state index contributed by atoms with van der Waals surface area (Å²) in [6.45, 7) is 0. The second-order valence-electron chi connectivity index (χ2n) is 18.6. The maximum Gasteiger partial charge on any atom is 0.164 e. The predicted octanol–water partition coefficient (Wildman–Crippen LogP) is 18.1. The highest BCUT2D eigenvalue weighted by Gasteiger charge is 2.24. The Morgan fingerprint density at radius 2 is 0.889 bits per heavy atom. The van der Waals surface area contributed by atoms with Crippen LogP contribution in [0.3, 0.4) is 0 Å². The molecule has 334 valence electrons. The number of para-hydroxylation sites is 2. The Morgan fingerprint density at radius 3 is 1.60 bits per heavy atom. The van der Waals surface area contributed by atoms with Crippen molar-refractivity contribution in [2.24, 2.45) is 0 Å². The van der Waals surface area contributed by atoms with Crippen LogP contribution >= 0.6 is 11.3 Å². The predicted molar refractivity (Wildman–Crippen MR) is 298 cm³/mol. The molecule has 16 aromatic rings. The zero-order chi connectivity index (χ0) is 47.0. The van der Waals surface area contributed by atoms with Crippen LogP contribution in [0.25, 0.3) is 158 Å². The van der Waals surface area contributed by atoms with Crippen LogP contribution < -0.4 is 0 Å². The van der Waals surface area contributed by atoms with Crippen LogP contribution in [0.5, 0.6) is 0 Å². The van der Waals surface area contributed by atoms with E-state index in [1.807, 2.05) is 72.0 Å². The molecule has 0 spiro atoms. The minimum absolute atomic E-state index is 0.549. The minimum Gasteiger partial charge on any atom is -0.456 e. The van der Waals surface area contributed by atoms with Crippen LogP contribution in [-0.2, 0) is 0 Å². The Hall–Kier alpha value is -9.43. The standard InChI is InChI=1S/C65H36N4O2S/c1-2-15-39-34-53-51(33-38(39)14-1)60-42-16-4-3-13-37(42)28-32-52(60)69(53)41-29-31-45(50(36-41)40-27-30-44-43-17-7-10-26-58(43)72-59(44)35-40)63-66-64(48-20-11-24-56-61(48)46-18-5-8-22-54(46)70-56)68-65(67-63)49-21-12-25-57-62(49)47-19-6-9-23-55(47)71-57/h1-36H. The summed E-state index contributed by atoms with van der Waals surface area (Å²) in [5.41, 5.74) is 11.2. The van der Waals surface area contributed by atoms with Gasteiger partial charge in [-0.1, -0.05) is 146 Å². The van der Waals surface area contributed by atoms with Crippen molar-refractivity contribution in [1.82, 2.24) is 19.5 Å². The average molecular weight is 937 g/mol. The van der Waals surface area contributed by atoms with E-state index < -0.39 is 0 Å². The molecule has 0 radical (unpaired) electrons. The van der Waals surface area contributed by atoms with Gasteiger partial charge in [0.15, 0.2) is 17.5 Å². The highest BCUT2D eigenvalue weighted by Crippen LogP contribution is 2.45. The number of rotatable bonds is 5. The number of benzene rings is 11. The van der Waals surface area contributed by atoms with Crippen LogP contribution in [0.4, 0.5) is 0 Å². The average Bonchev–Trinajstić information content (AvgIpc) is 4.21.